The van der Waals surface area contributed by atoms with Crippen LogP contribution in [0.5, 0.6) is 0 Å². The van der Waals surface area contributed by atoms with E-state index in [0.717, 1.165) is 38.4 Å². The largest absolute Gasteiger partial charge is 0.488 e. The molecular formula is C16H28N2O2. The molecule has 114 valence electrons. The highest BCUT2D eigenvalue weighted by Crippen LogP contribution is 2.15. The van der Waals surface area contributed by atoms with E-state index in [1.807, 2.05) is 13.0 Å². The van der Waals surface area contributed by atoms with Gasteiger partial charge in [0.25, 0.3) is 0 Å². The zero-order chi connectivity index (χ0) is 15.0. The number of likely N-dealkylation sites (tertiary alicyclic amines) is 1. The Morgan fingerprint density at radius 1 is 1.50 bits per heavy atom. The van der Waals surface area contributed by atoms with Crippen LogP contribution in [-0.2, 0) is 9.47 Å². The van der Waals surface area contributed by atoms with Crippen molar-refractivity contribution in [2.45, 2.75) is 33.3 Å². The molecular weight excluding hydrogens is 252 g/mol. The molecule has 1 atom stereocenters. The molecule has 1 fully saturated rings. The quantitative estimate of drug-likeness (QED) is 0.506. The van der Waals surface area contributed by atoms with Crippen LogP contribution in [0.1, 0.15) is 27.2 Å². The van der Waals surface area contributed by atoms with Crippen LogP contribution in [0.25, 0.3) is 0 Å². The second-order valence-electron chi connectivity index (χ2n) is 5.41. The predicted molar refractivity (Wildman–Crippen MR) is 84.0 cm³/mol. The minimum atomic E-state index is 0.221. The number of nitrogens with zero attached hydrogens (tertiary/aromatic N) is 2. The summed E-state index contributed by atoms with van der Waals surface area (Å²) in [5.41, 5.74) is 1.06. The van der Waals surface area contributed by atoms with E-state index in [-0.39, 0.29) is 6.10 Å². The fraction of sp³-hybridized carbons (Fsp3) is 0.688. The maximum atomic E-state index is 5.84. The molecule has 0 aromatic heterocycles. The van der Waals surface area contributed by atoms with Crippen LogP contribution in [-0.4, -0.2) is 50.6 Å². The van der Waals surface area contributed by atoms with Gasteiger partial charge in [-0.3, -0.25) is 9.89 Å². The van der Waals surface area contributed by atoms with E-state index in [9.17, 15) is 0 Å². The average molecular weight is 280 g/mol. The number of aliphatic imine (C=N–C) groups is 1. The van der Waals surface area contributed by atoms with E-state index in [0.29, 0.717) is 11.7 Å². The molecule has 20 heavy (non-hydrogen) atoms. The number of allylic oxidation sites excluding steroid dienone is 3. The summed E-state index contributed by atoms with van der Waals surface area (Å²) in [4.78, 5) is 6.78. The van der Waals surface area contributed by atoms with Gasteiger partial charge in [0.15, 0.2) is 0 Å². The molecule has 4 heteroatoms. The highest BCUT2D eigenvalue weighted by atomic mass is 16.5. The molecule has 0 saturated carbocycles. The van der Waals surface area contributed by atoms with Crippen LogP contribution in [0, 0.1) is 5.92 Å². The fourth-order valence-corrected chi connectivity index (χ4v) is 2.26. The Hall–Kier alpha value is -1.13. The molecule has 0 aromatic carbocycles. The lowest BCUT2D eigenvalue weighted by Gasteiger charge is -2.16. The third-order valence-corrected chi connectivity index (χ3v) is 3.40. The summed E-state index contributed by atoms with van der Waals surface area (Å²) in [5, 5.41) is 0. The SMILES string of the molecule is C=C(C=N/C(=C\C)C(C)C)O[C@H]1CCN(CCOC)C1. The summed E-state index contributed by atoms with van der Waals surface area (Å²) in [6.45, 7) is 13.9. The molecule has 1 saturated heterocycles. The van der Waals surface area contributed by atoms with E-state index in [2.05, 4.69) is 30.3 Å². The first kappa shape index (κ1) is 16.9. The molecule has 0 unspecified atom stereocenters. The van der Waals surface area contributed by atoms with E-state index in [1.54, 1.807) is 13.3 Å². The normalized spacial score (nSPS) is 21.1. The van der Waals surface area contributed by atoms with Gasteiger partial charge < -0.3 is 9.47 Å². The van der Waals surface area contributed by atoms with Gasteiger partial charge in [0.05, 0.1) is 12.8 Å². The second-order valence-corrected chi connectivity index (χ2v) is 5.41. The Balaban J connectivity index is 2.35. The standard InChI is InChI=1S/C16H28N2O2/c1-6-16(13(2)3)17-11-14(4)20-15-7-8-18(12-15)9-10-19-5/h6,11,13,15H,4,7-10,12H2,1-3,5H3/b16-6-,17-11?/t15-/m0/s1. The van der Waals surface area contributed by atoms with Crippen LogP contribution < -0.4 is 0 Å². The smallest absolute Gasteiger partial charge is 0.130 e. The average Bonchev–Trinajstić information content (AvgIpc) is 2.84. The first-order valence-corrected chi connectivity index (χ1v) is 7.34. The van der Waals surface area contributed by atoms with Crippen molar-refractivity contribution in [3.8, 4) is 0 Å². The van der Waals surface area contributed by atoms with Crippen LogP contribution in [0.2, 0.25) is 0 Å². The molecule has 1 rings (SSSR count). The molecule has 4 nitrogen and oxygen atoms in total. The van der Waals surface area contributed by atoms with Gasteiger partial charge in [-0.15, -0.1) is 0 Å². The van der Waals surface area contributed by atoms with E-state index in [1.165, 1.54) is 0 Å². The van der Waals surface area contributed by atoms with Gasteiger partial charge in [-0.05, 0) is 19.3 Å². The zero-order valence-electron chi connectivity index (χ0n) is 13.3. The minimum absolute atomic E-state index is 0.221. The number of methoxy groups -OCH3 is 1. The maximum Gasteiger partial charge on any atom is 0.130 e. The topological polar surface area (TPSA) is 34.1 Å². The molecule has 1 aliphatic heterocycles. The molecule has 1 heterocycles. The van der Waals surface area contributed by atoms with Gasteiger partial charge in [0, 0.05) is 32.4 Å². The van der Waals surface area contributed by atoms with Crippen molar-refractivity contribution in [1.29, 1.82) is 0 Å². The number of rotatable bonds is 8. The van der Waals surface area contributed by atoms with Crippen LogP contribution in [0.3, 0.4) is 0 Å². The highest BCUT2D eigenvalue weighted by molar-refractivity contribution is 5.76. The van der Waals surface area contributed by atoms with Gasteiger partial charge in [-0.2, -0.15) is 0 Å². The van der Waals surface area contributed by atoms with Gasteiger partial charge in [0.2, 0.25) is 0 Å². The molecule has 0 amide bonds. The second kappa shape index (κ2) is 8.93. The molecule has 0 aromatic rings. The lowest BCUT2D eigenvalue weighted by atomic mass is 10.1. The Morgan fingerprint density at radius 3 is 2.85 bits per heavy atom. The number of hydrogen-bond acceptors (Lipinski definition) is 4. The Morgan fingerprint density at radius 2 is 2.25 bits per heavy atom. The third-order valence-electron chi connectivity index (χ3n) is 3.40. The number of ether oxygens (including phenoxy) is 2. The van der Waals surface area contributed by atoms with Crippen LogP contribution >= 0.6 is 0 Å². The first-order valence-electron chi connectivity index (χ1n) is 7.34. The van der Waals surface area contributed by atoms with Crippen molar-refractivity contribution in [3.63, 3.8) is 0 Å². The van der Waals surface area contributed by atoms with Gasteiger partial charge in [0.1, 0.15) is 11.9 Å². The minimum Gasteiger partial charge on any atom is -0.488 e. The number of hydrogen-bond donors (Lipinski definition) is 0. The highest BCUT2D eigenvalue weighted by Gasteiger charge is 2.23. The van der Waals surface area contributed by atoms with Crippen molar-refractivity contribution in [2.75, 3.05) is 33.4 Å². The molecule has 0 spiro atoms. The molecule has 0 radical (unpaired) electrons. The predicted octanol–water partition coefficient (Wildman–Crippen LogP) is 2.87. The summed E-state index contributed by atoms with van der Waals surface area (Å²) in [6, 6.07) is 0. The van der Waals surface area contributed by atoms with Crippen molar-refractivity contribution in [2.24, 2.45) is 10.9 Å². The zero-order valence-corrected chi connectivity index (χ0v) is 13.3. The van der Waals surface area contributed by atoms with Gasteiger partial charge in [-0.1, -0.05) is 26.5 Å². The van der Waals surface area contributed by atoms with Gasteiger partial charge in [-0.25, -0.2) is 0 Å². The summed E-state index contributed by atoms with van der Waals surface area (Å²) in [7, 11) is 1.73. The van der Waals surface area contributed by atoms with Crippen LogP contribution in [0.4, 0.5) is 0 Å². The summed E-state index contributed by atoms with van der Waals surface area (Å²) < 4.78 is 10.9. The van der Waals surface area contributed by atoms with E-state index >= 15 is 0 Å². The lowest BCUT2D eigenvalue weighted by molar-refractivity contribution is 0.122. The van der Waals surface area contributed by atoms with Crippen molar-refractivity contribution >= 4 is 6.21 Å². The first-order chi connectivity index (χ1) is 9.56. The molecule has 0 bridgehead atoms. The van der Waals surface area contributed by atoms with Crippen molar-refractivity contribution in [3.05, 3.63) is 24.1 Å². The van der Waals surface area contributed by atoms with Gasteiger partial charge >= 0.3 is 0 Å². The Bertz CT molecular complexity index is 361. The van der Waals surface area contributed by atoms with Crippen molar-refractivity contribution < 1.29 is 9.47 Å². The van der Waals surface area contributed by atoms with E-state index in [4.69, 9.17) is 9.47 Å². The van der Waals surface area contributed by atoms with Crippen LogP contribution in [0.15, 0.2) is 29.1 Å². The summed E-state index contributed by atoms with van der Waals surface area (Å²) >= 11 is 0. The summed E-state index contributed by atoms with van der Waals surface area (Å²) in [6.07, 6.45) is 5.01. The molecule has 1 aliphatic rings. The monoisotopic (exact) mass is 280 g/mol. The molecule has 0 N–H and O–H groups in total. The molecule has 0 aliphatic carbocycles. The fourth-order valence-electron chi connectivity index (χ4n) is 2.26. The van der Waals surface area contributed by atoms with Crippen molar-refractivity contribution in [1.82, 2.24) is 4.90 Å². The van der Waals surface area contributed by atoms with E-state index < -0.39 is 0 Å². The Labute approximate surface area is 123 Å². The lowest BCUT2D eigenvalue weighted by Crippen LogP contribution is -2.26. The third kappa shape index (κ3) is 5.88. The summed E-state index contributed by atoms with van der Waals surface area (Å²) in [5.74, 6) is 1.06. The Kier molecular flexibility index (Phi) is 7.55. The maximum absolute atomic E-state index is 5.84.